The fraction of sp³-hybridized carbons (Fsp3) is 0.280. The lowest BCUT2D eigenvalue weighted by Crippen LogP contribution is -2.40. The summed E-state index contributed by atoms with van der Waals surface area (Å²) in [6.07, 6.45) is 1.36. The van der Waals surface area contributed by atoms with Crippen molar-refractivity contribution in [2.24, 2.45) is 0 Å². The van der Waals surface area contributed by atoms with Gasteiger partial charge in [0, 0.05) is 25.0 Å². The summed E-state index contributed by atoms with van der Waals surface area (Å²) in [6.45, 7) is 5.36. The number of pyridine rings is 1. The Labute approximate surface area is 204 Å². The highest BCUT2D eigenvalue weighted by atomic mass is 32.2. The number of thioether (sulfide) groups is 1. The highest BCUT2D eigenvalue weighted by Crippen LogP contribution is 2.36. The predicted molar refractivity (Wildman–Crippen MR) is 133 cm³/mol. The first-order valence-electron chi connectivity index (χ1n) is 11.0. The van der Waals surface area contributed by atoms with Gasteiger partial charge in [0.2, 0.25) is 15.9 Å². The number of carbonyl (C=O) groups is 1. The van der Waals surface area contributed by atoms with E-state index in [4.69, 9.17) is 4.74 Å². The molecule has 2 aromatic carbocycles. The molecule has 0 spiro atoms. The summed E-state index contributed by atoms with van der Waals surface area (Å²) in [5, 5.41) is 3.05. The third kappa shape index (κ3) is 5.67. The number of anilines is 1. The molecule has 1 amide bonds. The molecule has 1 aromatic heterocycles. The molecule has 0 unspecified atom stereocenters. The van der Waals surface area contributed by atoms with E-state index in [9.17, 15) is 13.2 Å². The van der Waals surface area contributed by atoms with E-state index in [2.05, 4.69) is 10.3 Å². The Morgan fingerprint density at radius 2 is 1.79 bits per heavy atom. The molecule has 34 heavy (non-hydrogen) atoms. The topological polar surface area (TPSA) is 88.6 Å². The van der Waals surface area contributed by atoms with Gasteiger partial charge in [-0.1, -0.05) is 54.2 Å². The van der Waals surface area contributed by atoms with Crippen molar-refractivity contribution < 1.29 is 17.9 Å². The Kier molecular flexibility index (Phi) is 7.67. The first-order chi connectivity index (χ1) is 16.3. The zero-order chi connectivity index (χ0) is 24.1. The molecule has 9 heteroatoms. The minimum absolute atomic E-state index is 0.134. The Morgan fingerprint density at radius 3 is 2.47 bits per heavy atom. The monoisotopic (exact) mass is 497 g/mol. The number of morpholine rings is 1. The van der Waals surface area contributed by atoms with Crippen LogP contribution in [-0.4, -0.2) is 49.9 Å². The van der Waals surface area contributed by atoms with Crippen molar-refractivity contribution in [2.75, 3.05) is 31.6 Å². The van der Waals surface area contributed by atoms with Crippen LogP contribution < -0.4 is 5.32 Å². The third-order valence-corrected chi connectivity index (χ3v) is 8.63. The summed E-state index contributed by atoms with van der Waals surface area (Å²) >= 11 is 1.28. The number of aromatic nitrogens is 1. The minimum Gasteiger partial charge on any atom is -0.379 e. The van der Waals surface area contributed by atoms with Crippen LogP contribution in [0, 0.1) is 13.8 Å². The number of ether oxygens (including phenoxy) is 1. The number of carbonyl (C=O) groups excluding carboxylic acids is 1. The number of nitrogens with one attached hydrogen (secondary N) is 1. The smallest absolute Gasteiger partial charge is 0.244 e. The van der Waals surface area contributed by atoms with Crippen LogP contribution in [-0.2, 0) is 19.6 Å². The van der Waals surface area contributed by atoms with Crippen LogP contribution in [0.5, 0.6) is 0 Å². The molecular formula is C25H27N3O4S2. The molecule has 1 atom stereocenters. The maximum absolute atomic E-state index is 13.3. The van der Waals surface area contributed by atoms with Gasteiger partial charge in [-0.15, -0.1) is 0 Å². The summed E-state index contributed by atoms with van der Waals surface area (Å²) < 4.78 is 32.4. The number of nitrogens with zero attached hydrogens (tertiary/aromatic N) is 2. The lowest BCUT2D eigenvalue weighted by Gasteiger charge is -2.25. The van der Waals surface area contributed by atoms with Crippen molar-refractivity contribution in [3.63, 3.8) is 0 Å². The maximum Gasteiger partial charge on any atom is 0.244 e. The zero-order valence-electron chi connectivity index (χ0n) is 19.1. The van der Waals surface area contributed by atoms with Gasteiger partial charge in [-0.3, -0.25) is 4.79 Å². The van der Waals surface area contributed by atoms with Crippen LogP contribution in [0.15, 0.2) is 76.8 Å². The van der Waals surface area contributed by atoms with E-state index in [1.54, 1.807) is 12.1 Å². The third-order valence-electron chi connectivity index (χ3n) is 5.55. The molecule has 4 rings (SSSR count). The molecule has 0 radical (unpaired) electrons. The van der Waals surface area contributed by atoms with E-state index in [-0.39, 0.29) is 10.8 Å². The van der Waals surface area contributed by atoms with E-state index < -0.39 is 15.3 Å². The van der Waals surface area contributed by atoms with E-state index >= 15 is 0 Å². The number of sulfonamides is 1. The number of aryl methyl sites for hydroxylation is 2. The standard InChI is InChI=1S/C25H27N3O4S2/c1-18-8-9-19(2)22(16-18)27-25(29)24(20-6-4-3-5-7-20)33-23-11-10-21(17-26-23)34(30,31)28-12-14-32-15-13-28/h3-11,16-17,24H,12-15H2,1-2H3,(H,27,29)/t24-/m1/s1. The van der Waals surface area contributed by atoms with Crippen LogP contribution >= 0.6 is 11.8 Å². The summed E-state index contributed by atoms with van der Waals surface area (Å²) in [5.74, 6) is -0.170. The molecule has 7 nitrogen and oxygen atoms in total. The van der Waals surface area contributed by atoms with E-state index in [1.165, 1.54) is 22.3 Å². The fourth-order valence-electron chi connectivity index (χ4n) is 3.62. The normalized spacial score (nSPS) is 15.6. The van der Waals surface area contributed by atoms with Crippen molar-refractivity contribution >= 4 is 33.4 Å². The Bertz CT molecular complexity index is 1240. The van der Waals surface area contributed by atoms with Gasteiger partial charge >= 0.3 is 0 Å². The number of benzene rings is 2. The number of amides is 1. The fourth-order valence-corrected chi connectivity index (χ4v) is 5.93. The molecule has 1 N–H and O–H groups in total. The summed E-state index contributed by atoms with van der Waals surface area (Å²) in [4.78, 5) is 17.8. The Balaban J connectivity index is 1.56. The summed E-state index contributed by atoms with van der Waals surface area (Å²) in [6, 6.07) is 18.6. The first kappa shape index (κ1) is 24.4. The Morgan fingerprint density at radius 1 is 1.06 bits per heavy atom. The number of hydrogen-bond acceptors (Lipinski definition) is 6. The quantitative estimate of drug-likeness (QED) is 0.493. The van der Waals surface area contributed by atoms with Crippen LogP contribution in [0.3, 0.4) is 0 Å². The Hall–Kier alpha value is -2.72. The average Bonchev–Trinajstić information content (AvgIpc) is 2.86. The van der Waals surface area contributed by atoms with Gasteiger partial charge in [-0.05, 0) is 48.7 Å². The van der Waals surface area contributed by atoms with Gasteiger partial charge < -0.3 is 10.1 Å². The lowest BCUT2D eigenvalue weighted by molar-refractivity contribution is -0.115. The SMILES string of the molecule is Cc1ccc(C)c(NC(=O)[C@H](Sc2ccc(S(=O)(=O)N3CCOCC3)cn2)c2ccccc2)c1. The zero-order valence-corrected chi connectivity index (χ0v) is 20.7. The van der Waals surface area contributed by atoms with E-state index in [0.717, 1.165) is 22.4 Å². The van der Waals surface area contributed by atoms with Crippen molar-refractivity contribution in [3.05, 3.63) is 83.6 Å². The van der Waals surface area contributed by atoms with Gasteiger partial charge in [0.05, 0.1) is 18.2 Å². The molecule has 1 fully saturated rings. The van der Waals surface area contributed by atoms with Gasteiger partial charge in [0.15, 0.2) is 0 Å². The molecule has 2 heterocycles. The molecule has 0 bridgehead atoms. The van der Waals surface area contributed by atoms with Crippen molar-refractivity contribution in [1.29, 1.82) is 0 Å². The van der Waals surface area contributed by atoms with E-state index in [1.807, 2.05) is 62.4 Å². The molecular weight excluding hydrogens is 470 g/mol. The minimum atomic E-state index is -3.62. The molecule has 0 saturated carbocycles. The average molecular weight is 498 g/mol. The van der Waals surface area contributed by atoms with Crippen LogP contribution in [0.2, 0.25) is 0 Å². The van der Waals surface area contributed by atoms with Crippen LogP contribution in [0.25, 0.3) is 0 Å². The van der Waals surface area contributed by atoms with Crippen LogP contribution in [0.1, 0.15) is 21.9 Å². The first-order valence-corrected chi connectivity index (χ1v) is 13.3. The highest BCUT2D eigenvalue weighted by molar-refractivity contribution is 8.00. The summed E-state index contributed by atoms with van der Waals surface area (Å²) in [5.41, 5.74) is 3.64. The molecule has 3 aromatic rings. The van der Waals surface area contributed by atoms with E-state index in [0.29, 0.717) is 31.3 Å². The molecule has 1 aliphatic heterocycles. The van der Waals surface area contributed by atoms with Crippen molar-refractivity contribution in [2.45, 2.75) is 29.0 Å². The largest absolute Gasteiger partial charge is 0.379 e. The van der Waals surface area contributed by atoms with Gasteiger partial charge in [-0.25, -0.2) is 13.4 Å². The van der Waals surface area contributed by atoms with Gasteiger partial charge in [0.25, 0.3) is 0 Å². The van der Waals surface area contributed by atoms with Crippen molar-refractivity contribution in [3.8, 4) is 0 Å². The molecule has 178 valence electrons. The number of rotatable bonds is 7. The highest BCUT2D eigenvalue weighted by Gasteiger charge is 2.27. The van der Waals surface area contributed by atoms with Crippen LogP contribution in [0.4, 0.5) is 5.69 Å². The van der Waals surface area contributed by atoms with Crippen molar-refractivity contribution in [1.82, 2.24) is 9.29 Å². The second kappa shape index (κ2) is 10.7. The van der Waals surface area contributed by atoms with Gasteiger partial charge in [0.1, 0.15) is 10.1 Å². The number of hydrogen-bond donors (Lipinski definition) is 1. The van der Waals surface area contributed by atoms with Gasteiger partial charge in [-0.2, -0.15) is 4.31 Å². The lowest BCUT2D eigenvalue weighted by atomic mass is 10.1. The summed E-state index contributed by atoms with van der Waals surface area (Å²) in [7, 11) is -3.62. The molecule has 1 saturated heterocycles. The molecule has 0 aliphatic carbocycles. The maximum atomic E-state index is 13.3. The second-order valence-corrected chi connectivity index (χ2v) is 11.1. The second-order valence-electron chi connectivity index (χ2n) is 8.06. The predicted octanol–water partition coefficient (Wildman–Crippen LogP) is 4.19. The molecule has 1 aliphatic rings.